The van der Waals surface area contributed by atoms with Crippen molar-refractivity contribution in [2.45, 2.75) is 36.7 Å². The van der Waals surface area contributed by atoms with Crippen LogP contribution in [0.25, 0.3) is 44.1 Å². The number of halogens is 4. The third-order valence-electron chi connectivity index (χ3n) is 11.6. The normalized spacial score (nSPS) is 12.2. The molecule has 4 heterocycles. The third-order valence-corrected chi connectivity index (χ3v) is 14.9. The number of amides is 2. The van der Waals surface area contributed by atoms with Crippen molar-refractivity contribution >= 4 is 88.2 Å². The van der Waals surface area contributed by atoms with E-state index in [-0.39, 0.29) is 79.0 Å². The van der Waals surface area contributed by atoms with Gasteiger partial charge in [-0.15, -0.1) is 0 Å². The molecule has 396 valence electrons. The zero-order chi connectivity index (χ0) is 55.2. The summed E-state index contributed by atoms with van der Waals surface area (Å²) in [5, 5.41) is 5.05. The van der Waals surface area contributed by atoms with Crippen molar-refractivity contribution in [3.05, 3.63) is 152 Å². The molecule has 0 fully saturated rings. The summed E-state index contributed by atoms with van der Waals surface area (Å²) < 4.78 is 96.8. The minimum atomic E-state index is -4.17. The van der Waals surface area contributed by atoms with E-state index in [1.807, 2.05) is 0 Å². The summed E-state index contributed by atoms with van der Waals surface area (Å²) in [6, 6.07) is 19.0. The first kappa shape index (κ1) is 55.7. The van der Waals surface area contributed by atoms with Gasteiger partial charge in [0.2, 0.25) is 23.6 Å². The summed E-state index contributed by atoms with van der Waals surface area (Å²) in [4.78, 5) is 66.6. The number of nitrogens with zero attached hydrogens (tertiary/aromatic N) is 6. The lowest BCUT2D eigenvalue weighted by atomic mass is 10.0. The quantitative estimate of drug-likeness (QED) is 0.0768. The summed E-state index contributed by atoms with van der Waals surface area (Å²) in [6.07, 6.45) is 5.73. The van der Waals surface area contributed by atoms with Gasteiger partial charge in [0.05, 0.1) is 80.4 Å². The Morgan fingerprint density at radius 1 is 0.579 bits per heavy atom. The maximum atomic E-state index is 13.5. The molecule has 0 saturated carbocycles. The van der Waals surface area contributed by atoms with Gasteiger partial charge in [0, 0.05) is 50.7 Å². The van der Waals surface area contributed by atoms with Gasteiger partial charge in [-0.05, 0) is 83.9 Å². The Morgan fingerprint density at radius 2 is 0.961 bits per heavy atom. The number of nitrogens with one attached hydrogen (secondary N) is 4. The first-order chi connectivity index (χ1) is 36.1. The fourth-order valence-corrected chi connectivity index (χ4v) is 10.2. The molecular weight excluding hydrogens is 1070 g/mol. The van der Waals surface area contributed by atoms with Crippen LogP contribution in [-0.4, -0.2) is 86.0 Å². The van der Waals surface area contributed by atoms with E-state index in [0.717, 1.165) is 36.4 Å². The van der Waals surface area contributed by atoms with Gasteiger partial charge in [0.15, 0.2) is 0 Å². The highest BCUT2D eigenvalue weighted by atomic mass is 35.5. The molecule has 26 heteroatoms. The zero-order valence-corrected chi connectivity index (χ0v) is 44.2. The van der Waals surface area contributed by atoms with Crippen LogP contribution in [0.5, 0.6) is 11.8 Å². The van der Waals surface area contributed by atoms with Crippen molar-refractivity contribution in [3.8, 4) is 34.0 Å². The summed E-state index contributed by atoms with van der Waals surface area (Å²) in [6.45, 7) is 3.71. The molecule has 4 aromatic heterocycles. The van der Waals surface area contributed by atoms with Crippen molar-refractivity contribution in [2.24, 2.45) is 11.8 Å². The van der Waals surface area contributed by atoms with Crippen LogP contribution in [-0.2, 0) is 42.7 Å². The monoisotopic (exact) mass is 1120 g/mol. The molecule has 0 aliphatic carbocycles. The molecule has 76 heavy (non-hydrogen) atoms. The van der Waals surface area contributed by atoms with E-state index in [1.54, 1.807) is 50.2 Å². The maximum Gasteiger partial charge on any atom is 0.262 e. The fourth-order valence-electron chi connectivity index (χ4n) is 7.57. The van der Waals surface area contributed by atoms with Crippen LogP contribution < -0.4 is 40.7 Å². The molecule has 0 aliphatic rings. The number of ether oxygens (including phenoxy) is 2. The number of fused-ring (bicyclic) bond motifs is 2. The fraction of sp³-hybridized carbons (Fsp3) is 0.200. The molecule has 0 spiro atoms. The van der Waals surface area contributed by atoms with Gasteiger partial charge < -0.3 is 20.1 Å². The van der Waals surface area contributed by atoms with E-state index in [4.69, 9.17) is 32.7 Å². The minimum Gasteiger partial charge on any atom is -0.480 e. The van der Waals surface area contributed by atoms with Gasteiger partial charge >= 0.3 is 0 Å². The van der Waals surface area contributed by atoms with Crippen LogP contribution >= 0.6 is 23.2 Å². The number of carbonyl (C=O) groups excluding carboxylic acids is 2. The number of aromatic nitrogens is 6. The third kappa shape index (κ3) is 12.4. The van der Waals surface area contributed by atoms with E-state index in [1.165, 1.54) is 74.6 Å². The van der Waals surface area contributed by atoms with Gasteiger partial charge in [0.1, 0.15) is 23.0 Å². The van der Waals surface area contributed by atoms with E-state index >= 15 is 0 Å². The highest BCUT2D eigenvalue weighted by molar-refractivity contribution is 7.93. The molecule has 20 nitrogen and oxygen atoms in total. The van der Waals surface area contributed by atoms with Crippen molar-refractivity contribution in [1.29, 1.82) is 0 Å². The van der Waals surface area contributed by atoms with E-state index in [2.05, 4.69) is 40.0 Å². The second-order valence-electron chi connectivity index (χ2n) is 16.8. The number of rotatable bonds is 16. The lowest BCUT2D eigenvalue weighted by Crippen LogP contribution is -2.32. The van der Waals surface area contributed by atoms with Gasteiger partial charge in [-0.3, -0.25) is 37.8 Å². The molecule has 0 bridgehead atoms. The van der Waals surface area contributed by atoms with Crippen LogP contribution in [0.3, 0.4) is 0 Å². The van der Waals surface area contributed by atoms with E-state index < -0.39 is 43.5 Å². The smallest absolute Gasteiger partial charge is 0.262 e. The second-order valence-corrected chi connectivity index (χ2v) is 21.0. The minimum absolute atomic E-state index is 0.00136. The first-order valence-corrected chi connectivity index (χ1v) is 26.3. The Labute approximate surface area is 443 Å². The summed E-state index contributed by atoms with van der Waals surface area (Å²) in [7, 11) is -2.62. The van der Waals surface area contributed by atoms with Crippen LogP contribution in [0, 0.1) is 23.5 Å². The van der Waals surface area contributed by atoms with Crippen LogP contribution in [0.1, 0.15) is 13.8 Å². The molecule has 8 rings (SSSR count). The Bertz CT molecular complexity index is 3670. The summed E-state index contributed by atoms with van der Waals surface area (Å²) >= 11 is 11.5. The van der Waals surface area contributed by atoms with E-state index in [9.17, 15) is 44.8 Å². The number of benzene rings is 4. The van der Waals surface area contributed by atoms with Gasteiger partial charge in [-0.25, -0.2) is 45.6 Å². The Kier molecular flexibility index (Phi) is 17.0. The number of carbonyl (C=O) groups is 2. The maximum absolute atomic E-state index is 13.5. The average Bonchev–Trinajstić information content (AvgIpc) is 3.40. The number of pyridine rings is 2. The molecule has 0 saturated heterocycles. The first-order valence-electron chi connectivity index (χ1n) is 22.5. The molecule has 4 aromatic carbocycles. The predicted molar refractivity (Wildman–Crippen MR) is 282 cm³/mol. The topological polar surface area (TPSA) is 265 Å². The molecule has 0 unspecified atom stereocenters. The number of hydrogen-bond donors (Lipinski definition) is 4. The largest absolute Gasteiger partial charge is 0.480 e. The SMILES string of the molecule is CNC(=O)[C@@H](C)Cn1cnc2ccc(-c3cnc(OC)c(NS(=O)(=O)c4ccc(F)c(Cl)c4)c3)cc2c1=O.CNC(=O)[C@H](C)Cn1cnc2ccc(-c3cnc(OC)c(NS(=O)(=O)c4ccc(F)c(Cl)c4)c3)cc2c1=O. The summed E-state index contributed by atoms with van der Waals surface area (Å²) in [5.74, 6) is -2.80. The van der Waals surface area contributed by atoms with Gasteiger partial charge in [-0.1, -0.05) is 49.2 Å². The number of hydrogen-bond acceptors (Lipinski definition) is 14. The lowest BCUT2D eigenvalue weighted by molar-refractivity contribution is -0.125. The predicted octanol–water partition coefficient (Wildman–Crippen LogP) is 6.89. The Morgan fingerprint density at radius 3 is 1.30 bits per heavy atom. The van der Waals surface area contributed by atoms with Crippen molar-refractivity contribution in [3.63, 3.8) is 0 Å². The Hall–Kier alpha value is -8.06. The Balaban J connectivity index is 0.000000221. The molecule has 4 N–H and O–H groups in total. The average molecular weight is 1120 g/mol. The molecule has 2 amide bonds. The van der Waals surface area contributed by atoms with Crippen molar-refractivity contribution < 1.29 is 44.7 Å². The van der Waals surface area contributed by atoms with Crippen LogP contribution in [0.15, 0.2) is 129 Å². The standard InChI is InChI=1S/2C25H23ClFN5O5S/c2*1-14(23(33)28-2)12-32-13-30-21-7-4-15(8-18(21)25(32)34)16-9-22(24(37-3)29-11-16)31-38(35,36)17-5-6-20(27)19(26)10-17/h2*4-11,13-14,31H,12H2,1-3H3,(H,28,33)/t2*14-/m10/s1. The summed E-state index contributed by atoms with van der Waals surface area (Å²) in [5.41, 5.74) is 2.39. The highest BCUT2D eigenvalue weighted by Gasteiger charge is 2.23. The molecule has 8 aromatic rings. The van der Waals surface area contributed by atoms with Crippen molar-refractivity contribution in [2.75, 3.05) is 37.8 Å². The molecule has 0 aliphatic heterocycles. The van der Waals surface area contributed by atoms with Crippen LogP contribution in [0.4, 0.5) is 20.2 Å². The second kappa shape index (κ2) is 23.2. The number of sulfonamides is 2. The number of methoxy groups -OCH3 is 2. The van der Waals surface area contributed by atoms with Gasteiger partial charge in [-0.2, -0.15) is 0 Å². The molecule has 0 radical (unpaired) electrons. The highest BCUT2D eigenvalue weighted by Crippen LogP contribution is 2.34. The van der Waals surface area contributed by atoms with Gasteiger partial charge in [0.25, 0.3) is 31.2 Å². The number of anilines is 2. The van der Waals surface area contributed by atoms with Crippen molar-refractivity contribution in [1.82, 2.24) is 39.7 Å². The molecular formula is C50H46Cl2F2N10O10S2. The van der Waals surface area contributed by atoms with Crippen LogP contribution in [0.2, 0.25) is 10.0 Å². The van der Waals surface area contributed by atoms with E-state index in [0.29, 0.717) is 44.1 Å². The zero-order valence-electron chi connectivity index (χ0n) is 41.1. The molecule has 2 atom stereocenters. The lowest BCUT2D eigenvalue weighted by Gasteiger charge is -2.14.